The summed E-state index contributed by atoms with van der Waals surface area (Å²) in [5, 5.41) is 3.68. The lowest BCUT2D eigenvalue weighted by Gasteiger charge is -2.29. The summed E-state index contributed by atoms with van der Waals surface area (Å²) in [5.41, 5.74) is 0.541. The molecule has 2 amide bonds. The number of para-hydroxylation sites is 1. The van der Waals surface area contributed by atoms with Crippen LogP contribution in [0.2, 0.25) is 0 Å². The maximum absolute atomic E-state index is 13.0. The number of hydrogen-bond acceptors (Lipinski definition) is 3. The van der Waals surface area contributed by atoms with Crippen LogP contribution in [0.5, 0.6) is 0 Å². The highest BCUT2D eigenvalue weighted by Gasteiger charge is 2.30. The molecular weight excluding hydrogens is 316 g/mol. The molecule has 1 aliphatic rings. The molecule has 0 unspecified atom stereocenters. The number of furan rings is 1. The Morgan fingerprint density at radius 3 is 2.44 bits per heavy atom. The number of fused-ring (bicyclic) bond motifs is 1. The highest BCUT2D eigenvalue weighted by molar-refractivity contribution is 6.11. The second-order valence-electron chi connectivity index (χ2n) is 7.98. The molecule has 1 saturated heterocycles. The van der Waals surface area contributed by atoms with Crippen molar-refractivity contribution >= 4 is 28.5 Å². The molecule has 0 spiro atoms. The van der Waals surface area contributed by atoms with E-state index in [9.17, 15) is 9.59 Å². The maximum Gasteiger partial charge on any atom is 0.291 e. The van der Waals surface area contributed by atoms with Gasteiger partial charge in [0.2, 0.25) is 11.7 Å². The van der Waals surface area contributed by atoms with E-state index in [2.05, 4.69) is 12.2 Å². The van der Waals surface area contributed by atoms with Crippen LogP contribution in [-0.4, -0.2) is 29.8 Å². The molecule has 0 bridgehead atoms. The van der Waals surface area contributed by atoms with Gasteiger partial charge in [0.05, 0.1) is 0 Å². The summed E-state index contributed by atoms with van der Waals surface area (Å²) in [6.07, 6.45) is 1.99. The monoisotopic (exact) mass is 342 g/mol. The predicted octanol–water partition coefficient (Wildman–Crippen LogP) is 4.29. The van der Waals surface area contributed by atoms with Gasteiger partial charge in [-0.2, -0.15) is 0 Å². The fourth-order valence-corrected chi connectivity index (χ4v) is 2.98. The van der Waals surface area contributed by atoms with Crippen LogP contribution in [0, 0.1) is 11.3 Å². The van der Waals surface area contributed by atoms with Crippen LogP contribution >= 0.6 is 0 Å². The van der Waals surface area contributed by atoms with Gasteiger partial charge in [0.15, 0.2) is 0 Å². The van der Waals surface area contributed by atoms with E-state index in [4.69, 9.17) is 4.42 Å². The largest absolute Gasteiger partial charge is 0.449 e. The molecule has 0 radical (unpaired) electrons. The minimum absolute atomic E-state index is 0.139. The van der Waals surface area contributed by atoms with Crippen molar-refractivity contribution in [2.45, 2.75) is 40.5 Å². The summed E-state index contributed by atoms with van der Waals surface area (Å²) >= 11 is 0. The number of nitrogens with zero attached hydrogens (tertiary/aromatic N) is 1. The van der Waals surface area contributed by atoms with Crippen LogP contribution in [-0.2, 0) is 4.79 Å². The van der Waals surface area contributed by atoms with E-state index in [1.54, 1.807) is 0 Å². The molecule has 0 saturated carbocycles. The van der Waals surface area contributed by atoms with Gasteiger partial charge in [-0.05, 0) is 30.9 Å². The van der Waals surface area contributed by atoms with Crippen LogP contribution < -0.4 is 5.32 Å². The van der Waals surface area contributed by atoms with Crippen molar-refractivity contribution in [1.82, 2.24) is 4.90 Å². The van der Waals surface area contributed by atoms with E-state index in [1.807, 2.05) is 49.9 Å². The fraction of sp³-hybridized carbons (Fsp3) is 0.500. The molecule has 5 heteroatoms. The van der Waals surface area contributed by atoms with Crippen molar-refractivity contribution in [3.63, 3.8) is 0 Å². The first-order valence-corrected chi connectivity index (χ1v) is 8.89. The number of anilines is 1. The molecule has 134 valence electrons. The third kappa shape index (κ3) is 3.55. The minimum atomic E-state index is -0.556. The Balaban J connectivity index is 1.98. The van der Waals surface area contributed by atoms with Gasteiger partial charge in [0.25, 0.3) is 5.91 Å². The van der Waals surface area contributed by atoms with Gasteiger partial charge in [-0.15, -0.1) is 0 Å². The summed E-state index contributed by atoms with van der Waals surface area (Å²) in [7, 11) is 0. The summed E-state index contributed by atoms with van der Waals surface area (Å²) in [6.45, 7) is 9.19. The second kappa shape index (κ2) is 6.54. The van der Waals surface area contributed by atoms with Crippen LogP contribution in [0.15, 0.2) is 28.7 Å². The molecule has 1 aliphatic heterocycles. The average molecular weight is 342 g/mol. The lowest BCUT2D eigenvalue weighted by molar-refractivity contribution is -0.123. The van der Waals surface area contributed by atoms with E-state index in [1.165, 1.54) is 0 Å². The highest BCUT2D eigenvalue weighted by Crippen LogP contribution is 2.33. The SMILES string of the molecule is CC1CCN(C(=O)c2oc3ccccc3c2NC(=O)C(C)(C)C)CC1. The number of carbonyl (C=O) groups excluding carboxylic acids is 2. The fourth-order valence-electron chi connectivity index (χ4n) is 2.98. The third-order valence-corrected chi connectivity index (χ3v) is 4.78. The van der Waals surface area contributed by atoms with Crippen molar-refractivity contribution in [2.75, 3.05) is 18.4 Å². The van der Waals surface area contributed by atoms with Gasteiger partial charge < -0.3 is 14.6 Å². The van der Waals surface area contributed by atoms with Gasteiger partial charge in [0, 0.05) is 23.9 Å². The summed E-state index contributed by atoms with van der Waals surface area (Å²) in [6, 6.07) is 7.42. The Kier molecular flexibility index (Phi) is 4.58. The van der Waals surface area contributed by atoms with Crippen LogP contribution in [0.25, 0.3) is 11.0 Å². The first-order valence-electron chi connectivity index (χ1n) is 8.89. The lowest BCUT2D eigenvalue weighted by atomic mass is 9.95. The van der Waals surface area contributed by atoms with Gasteiger partial charge in [0.1, 0.15) is 11.3 Å². The topological polar surface area (TPSA) is 62.6 Å². The zero-order chi connectivity index (χ0) is 18.2. The molecule has 2 aromatic rings. The molecule has 3 rings (SSSR count). The predicted molar refractivity (Wildman–Crippen MR) is 98.6 cm³/mol. The zero-order valence-electron chi connectivity index (χ0n) is 15.4. The minimum Gasteiger partial charge on any atom is -0.449 e. The number of carbonyl (C=O) groups is 2. The first-order chi connectivity index (χ1) is 11.8. The van der Waals surface area contributed by atoms with Crippen molar-refractivity contribution in [1.29, 1.82) is 0 Å². The number of piperidine rings is 1. The van der Waals surface area contributed by atoms with Crippen molar-refractivity contribution in [3.8, 4) is 0 Å². The van der Waals surface area contributed by atoms with Gasteiger partial charge in [-0.3, -0.25) is 9.59 Å². The number of hydrogen-bond donors (Lipinski definition) is 1. The third-order valence-electron chi connectivity index (χ3n) is 4.78. The molecule has 0 aliphatic carbocycles. The van der Waals surface area contributed by atoms with Crippen molar-refractivity contribution in [3.05, 3.63) is 30.0 Å². The van der Waals surface area contributed by atoms with Gasteiger partial charge in [-0.25, -0.2) is 0 Å². The maximum atomic E-state index is 13.0. The van der Waals surface area contributed by atoms with E-state index >= 15 is 0 Å². The second-order valence-corrected chi connectivity index (χ2v) is 7.98. The molecule has 1 fully saturated rings. The van der Waals surface area contributed by atoms with E-state index in [-0.39, 0.29) is 17.6 Å². The molecule has 1 aromatic carbocycles. The Morgan fingerprint density at radius 2 is 1.80 bits per heavy atom. The number of benzene rings is 1. The van der Waals surface area contributed by atoms with Crippen molar-refractivity contribution < 1.29 is 14.0 Å². The molecule has 1 N–H and O–H groups in total. The number of rotatable bonds is 2. The molecule has 2 heterocycles. The number of likely N-dealkylation sites (tertiary alicyclic amines) is 1. The molecule has 0 atom stereocenters. The number of nitrogens with one attached hydrogen (secondary N) is 1. The average Bonchev–Trinajstić information content (AvgIpc) is 2.93. The zero-order valence-corrected chi connectivity index (χ0v) is 15.4. The van der Waals surface area contributed by atoms with E-state index < -0.39 is 5.41 Å². The normalized spacial score (nSPS) is 16.2. The Bertz CT molecular complexity index is 793. The highest BCUT2D eigenvalue weighted by atomic mass is 16.3. The van der Waals surface area contributed by atoms with Gasteiger partial charge >= 0.3 is 0 Å². The quantitative estimate of drug-likeness (QED) is 0.885. The summed E-state index contributed by atoms with van der Waals surface area (Å²) in [5.74, 6) is 0.584. The lowest BCUT2D eigenvalue weighted by Crippen LogP contribution is -2.38. The van der Waals surface area contributed by atoms with E-state index in [0.717, 1.165) is 31.3 Å². The van der Waals surface area contributed by atoms with Crippen molar-refractivity contribution in [2.24, 2.45) is 11.3 Å². The number of amides is 2. The summed E-state index contributed by atoms with van der Waals surface area (Å²) < 4.78 is 5.85. The molecule has 1 aromatic heterocycles. The summed E-state index contributed by atoms with van der Waals surface area (Å²) in [4.78, 5) is 27.3. The Labute approximate surface area is 148 Å². The smallest absolute Gasteiger partial charge is 0.291 e. The standard InChI is InChI=1S/C20H26N2O3/c1-13-9-11-22(12-10-13)18(23)17-16(21-19(24)20(2,3)4)14-7-5-6-8-15(14)25-17/h5-8,13H,9-12H2,1-4H3,(H,21,24). The molecule has 5 nitrogen and oxygen atoms in total. The van der Waals surface area contributed by atoms with Gasteiger partial charge in [-0.1, -0.05) is 39.8 Å². The molecule has 25 heavy (non-hydrogen) atoms. The Hall–Kier alpha value is -2.30. The first kappa shape index (κ1) is 17.5. The van der Waals surface area contributed by atoms with E-state index in [0.29, 0.717) is 17.2 Å². The molecular formula is C20H26N2O3. The van der Waals surface area contributed by atoms with Crippen LogP contribution in [0.3, 0.4) is 0 Å². The van der Waals surface area contributed by atoms with Crippen LogP contribution in [0.4, 0.5) is 5.69 Å². The Morgan fingerprint density at radius 1 is 1.16 bits per heavy atom. The van der Waals surface area contributed by atoms with Crippen LogP contribution in [0.1, 0.15) is 51.1 Å².